The lowest BCUT2D eigenvalue weighted by molar-refractivity contribution is 0.0982. The molecule has 0 spiro atoms. The summed E-state index contributed by atoms with van der Waals surface area (Å²) in [5, 5.41) is 11.3. The van der Waals surface area contributed by atoms with Gasteiger partial charge in [-0.1, -0.05) is 18.2 Å². The van der Waals surface area contributed by atoms with Crippen molar-refractivity contribution in [3.63, 3.8) is 0 Å². The number of nitrogens with one attached hydrogen (secondary N) is 1. The van der Waals surface area contributed by atoms with Gasteiger partial charge >= 0.3 is 0 Å². The minimum absolute atomic E-state index is 0.189. The third-order valence-corrected chi connectivity index (χ3v) is 4.16. The Morgan fingerprint density at radius 2 is 1.85 bits per heavy atom. The van der Waals surface area contributed by atoms with Crippen LogP contribution in [0.1, 0.15) is 17.4 Å². The molecule has 0 unspecified atom stereocenters. The smallest absolute Gasteiger partial charge is 0.278 e. The number of ether oxygens (including phenoxy) is 2. The Bertz CT molecular complexity index is 945. The van der Waals surface area contributed by atoms with Crippen LogP contribution >= 0.6 is 0 Å². The maximum atomic E-state index is 12.7. The van der Waals surface area contributed by atoms with E-state index in [9.17, 15) is 4.79 Å². The van der Waals surface area contributed by atoms with E-state index in [1.54, 1.807) is 17.0 Å². The van der Waals surface area contributed by atoms with Crippen LogP contribution in [-0.2, 0) is 0 Å². The molecule has 27 heavy (non-hydrogen) atoms. The van der Waals surface area contributed by atoms with E-state index >= 15 is 0 Å². The molecule has 0 atom stereocenters. The van der Waals surface area contributed by atoms with Gasteiger partial charge in [-0.3, -0.25) is 4.79 Å². The van der Waals surface area contributed by atoms with E-state index in [2.05, 4.69) is 15.5 Å². The molecular weight excluding hydrogens is 344 g/mol. The van der Waals surface area contributed by atoms with Gasteiger partial charge in [-0.2, -0.15) is 0 Å². The molecule has 2 heterocycles. The molecule has 0 aliphatic carbocycles. The molecule has 1 amide bonds. The van der Waals surface area contributed by atoms with Crippen molar-refractivity contribution in [2.24, 2.45) is 0 Å². The Kier molecular flexibility index (Phi) is 4.57. The van der Waals surface area contributed by atoms with Gasteiger partial charge in [-0.25, -0.2) is 0 Å². The molecule has 4 rings (SSSR count). The summed E-state index contributed by atoms with van der Waals surface area (Å²) in [5.41, 5.74) is 1.92. The van der Waals surface area contributed by atoms with E-state index in [0.29, 0.717) is 23.9 Å². The van der Waals surface area contributed by atoms with Crippen molar-refractivity contribution in [3.8, 4) is 11.5 Å². The highest BCUT2D eigenvalue weighted by atomic mass is 16.7. The summed E-state index contributed by atoms with van der Waals surface area (Å²) in [7, 11) is 0. The third-order valence-electron chi connectivity index (χ3n) is 4.16. The maximum Gasteiger partial charge on any atom is 0.278 e. The van der Waals surface area contributed by atoms with E-state index < -0.39 is 0 Å². The van der Waals surface area contributed by atoms with Crippen molar-refractivity contribution in [2.45, 2.75) is 6.92 Å². The van der Waals surface area contributed by atoms with Crippen molar-refractivity contribution < 1.29 is 14.3 Å². The number of hydrogen-bond acceptors (Lipinski definition) is 6. The lowest BCUT2D eigenvalue weighted by atomic mass is 10.2. The van der Waals surface area contributed by atoms with Crippen LogP contribution < -0.4 is 19.7 Å². The molecule has 0 bridgehead atoms. The van der Waals surface area contributed by atoms with Crippen LogP contribution in [0.15, 0.2) is 60.7 Å². The van der Waals surface area contributed by atoms with Crippen molar-refractivity contribution in [3.05, 3.63) is 66.4 Å². The predicted molar refractivity (Wildman–Crippen MR) is 102 cm³/mol. The Balaban J connectivity index is 1.49. The zero-order valence-electron chi connectivity index (χ0n) is 14.8. The van der Waals surface area contributed by atoms with Gasteiger partial charge < -0.3 is 19.7 Å². The van der Waals surface area contributed by atoms with Gasteiger partial charge in [0.1, 0.15) is 0 Å². The average Bonchev–Trinajstić information content (AvgIpc) is 3.18. The minimum atomic E-state index is -0.189. The molecule has 136 valence electrons. The molecule has 0 saturated heterocycles. The molecule has 3 aromatic rings. The SMILES string of the molecule is CCN(C(=O)c1ccc(Nc2ccc3c(c2)OCO3)nn1)c1ccccc1. The summed E-state index contributed by atoms with van der Waals surface area (Å²) in [4.78, 5) is 14.4. The highest BCUT2D eigenvalue weighted by molar-refractivity contribution is 6.04. The first-order valence-electron chi connectivity index (χ1n) is 8.62. The fourth-order valence-electron chi connectivity index (χ4n) is 2.82. The summed E-state index contributed by atoms with van der Waals surface area (Å²) in [6.45, 7) is 2.69. The van der Waals surface area contributed by atoms with Crippen LogP contribution in [0.5, 0.6) is 11.5 Å². The van der Waals surface area contributed by atoms with Crippen molar-refractivity contribution in [2.75, 3.05) is 23.6 Å². The molecule has 7 heteroatoms. The van der Waals surface area contributed by atoms with E-state index in [4.69, 9.17) is 9.47 Å². The Morgan fingerprint density at radius 3 is 2.59 bits per heavy atom. The largest absolute Gasteiger partial charge is 0.454 e. The standard InChI is InChI=1S/C20H18N4O3/c1-2-24(15-6-4-3-5-7-15)20(25)16-9-11-19(23-22-16)21-14-8-10-17-18(12-14)27-13-26-17/h3-12H,2,13H2,1H3,(H,21,23). The number of nitrogens with zero attached hydrogens (tertiary/aromatic N) is 3. The fraction of sp³-hybridized carbons (Fsp3) is 0.150. The molecule has 1 aliphatic rings. The van der Waals surface area contributed by atoms with Crippen molar-refractivity contribution in [1.29, 1.82) is 0 Å². The second-order valence-corrected chi connectivity index (χ2v) is 5.88. The number of para-hydroxylation sites is 1. The van der Waals surface area contributed by atoms with Gasteiger partial charge in [-0.05, 0) is 43.3 Å². The molecule has 1 N–H and O–H groups in total. The minimum Gasteiger partial charge on any atom is -0.454 e. The third kappa shape index (κ3) is 3.52. The molecule has 0 radical (unpaired) electrons. The second-order valence-electron chi connectivity index (χ2n) is 5.88. The van der Waals surface area contributed by atoms with Crippen LogP contribution in [0.2, 0.25) is 0 Å². The second kappa shape index (κ2) is 7.33. The summed E-state index contributed by atoms with van der Waals surface area (Å²) in [6.07, 6.45) is 0. The number of carbonyl (C=O) groups excluding carboxylic acids is 1. The summed E-state index contributed by atoms with van der Waals surface area (Å²) >= 11 is 0. The maximum absolute atomic E-state index is 12.7. The zero-order chi connectivity index (χ0) is 18.6. The molecular formula is C20H18N4O3. The first kappa shape index (κ1) is 16.8. The number of hydrogen-bond donors (Lipinski definition) is 1. The summed E-state index contributed by atoms with van der Waals surface area (Å²) < 4.78 is 10.7. The van der Waals surface area contributed by atoms with Gasteiger partial charge in [0.05, 0.1) is 0 Å². The van der Waals surface area contributed by atoms with Crippen LogP contribution in [0, 0.1) is 0 Å². The highest BCUT2D eigenvalue weighted by Crippen LogP contribution is 2.34. The van der Waals surface area contributed by atoms with Gasteiger partial charge in [-0.15, -0.1) is 10.2 Å². The topological polar surface area (TPSA) is 76.6 Å². The normalized spacial score (nSPS) is 11.9. The Labute approximate surface area is 156 Å². The molecule has 2 aromatic carbocycles. The predicted octanol–water partition coefficient (Wildman–Crippen LogP) is 3.62. The van der Waals surface area contributed by atoms with Gasteiger partial charge in [0.25, 0.3) is 5.91 Å². The lowest BCUT2D eigenvalue weighted by Gasteiger charge is -2.20. The Hall–Kier alpha value is -3.61. The monoisotopic (exact) mass is 362 g/mol. The number of amides is 1. The van der Waals surface area contributed by atoms with Gasteiger partial charge in [0.15, 0.2) is 23.0 Å². The van der Waals surface area contributed by atoms with E-state index in [-0.39, 0.29) is 18.4 Å². The Morgan fingerprint density at radius 1 is 1.04 bits per heavy atom. The highest BCUT2D eigenvalue weighted by Gasteiger charge is 2.18. The molecule has 1 aromatic heterocycles. The van der Waals surface area contributed by atoms with Crippen molar-refractivity contribution in [1.82, 2.24) is 10.2 Å². The zero-order valence-corrected chi connectivity index (χ0v) is 14.8. The first-order valence-corrected chi connectivity index (χ1v) is 8.62. The lowest BCUT2D eigenvalue weighted by Crippen LogP contribution is -2.31. The molecule has 0 saturated carbocycles. The van der Waals surface area contributed by atoms with Crippen LogP contribution in [-0.4, -0.2) is 29.4 Å². The quantitative estimate of drug-likeness (QED) is 0.747. The fourth-order valence-corrected chi connectivity index (χ4v) is 2.82. The average molecular weight is 362 g/mol. The van der Waals surface area contributed by atoms with Gasteiger partial charge in [0, 0.05) is 24.0 Å². The van der Waals surface area contributed by atoms with E-state index in [1.807, 2.05) is 55.5 Å². The first-order chi connectivity index (χ1) is 13.2. The number of benzene rings is 2. The summed E-state index contributed by atoms with van der Waals surface area (Å²) in [5.74, 6) is 1.74. The molecule has 7 nitrogen and oxygen atoms in total. The summed E-state index contributed by atoms with van der Waals surface area (Å²) in [6, 6.07) is 18.4. The molecule has 1 aliphatic heterocycles. The van der Waals surface area contributed by atoms with E-state index in [1.165, 1.54) is 0 Å². The number of carbonyl (C=O) groups is 1. The van der Waals surface area contributed by atoms with E-state index in [0.717, 1.165) is 11.4 Å². The molecule has 0 fully saturated rings. The number of anilines is 3. The van der Waals surface area contributed by atoms with Crippen molar-refractivity contribution >= 4 is 23.1 Å². The van der Waals surface area contributed by atoms with Crippen LogP contribution in [0.25, 0.3) is 0 Å². The van der Waals surface area contributed by atoms with Gasteiger partial charge in [0.2, 0.25) is 6.79 Å². The van der Waals surface area contributed by atoms with Crippen LogP contribution in [0.3, 0.4) is 0 Å². The number of fused-ring (bicyclic) bond motifs is 1. The van der Waals surface area contributed by atoms with Crippen LogP contribution in [0.4, 0.5) is 17.2 Å². The number of rotatable bonds is 5. The number of aromatic nitrogens is 2.